The van der Waals surface area contributed by atoms with E-state index in [1.807, 2.05) is 30.5 Å². The van der Waals surface area contributed by atoms with Gasteiger partial charge in [-0.2, -0.15) is 0 Å². The molecule has 3 rings (SSSR count). The van der Waals surface area contributed by atoms with Gasteiger partial charge in [-0.05, 0) is 30.3 Å². The highest BCUT2D eigenvalue weighted by Gasteiger charge is 2.06. The third kappa shape index (κ3) is 4.03. The quantitative estimate of drug-likeness (QED) is 0.680. The molecule has 0 atom stereocenters. The van der Waals surface area contributed by atoms with Gasteiger partial charge in [0, 0.05) is 43.7 Å². The molecular formula is C17H14Cl2N2OS. The molecule has 23 heavy (non-hydrogen) atoms. The van der Waals surface area contributed by atoms with E-state index in [1.165, 1.54) is 0 Å². The Hall–Kier alpha value is -1.59. The molecule has 0 radical (unpaired) electrons. The van der Waals surface area contributed by atoms with Crippen molar-refractivity contribution in [3.8, 4) is 16.2 Å². The van der Waals surface area contributed by atoms with Crippen molar-refractivity contribution < 1.29 is 4.74 Å². The molecule has 0 aliphatic carbocycles. The van der Waals surface area contributed by atoms with Gasteiger partial charge >= 0.3 is 0 Å². The number of benzene rings is 1. The Morgan fingerprint density at radius 1 is 1.09 bits per heavy atom. The van der Waals surface area contributed by atoms with E-state index in [0.29, 0.717) is 28.9 Å². The molecule has 0 bridgehead atoms. The molecule has 2 heterocycles. The maximum Gasteiger partial charge on any atom is 0.138 e. The monoisotopic (exact) mass is 364 g/mol. The highest BCUT2D eigenvalue weighted by Crippen LogP contribution is 2.30. The number of aromatic nitrogens is 1. The summed E-state index contributed by atoms with van der Waals surface area (Å²) in [7, 11) is 0. The van der Waals surface area contributed by atoms with Crippen molar-refractivity contribution >= 4 is 34.5 Å². The number of hydrogen-bond acceptors (Lipinski definition) is 4. The summed E-state index contributed by atoms with van der Waals surface area (Å²) in [6, 6.07) is 11.4. The molecule has 2 N–H and O–H groups in total. The Balaban J connectivity index is 1.75. The van der Waals surface area contributed by atoms with Crippen LogP contribution in [0, 0.1) is 0 Å². The van der Waals surface area contributed by atoms with Crippen LogP contribution in [-0.4, -0.2) is 4.98 Å². The molecule has 0 fully saturated rings. The fraction of sp³-hybridized carbons (Fsp3) is 0.118. The zero-order valence-electron chi connectivity index (χ0n) is 12.1. The van der Waals surface area contributed by atoms with E-state index < -0.39 is 0 Å². The second kappa shape index (κ2) is 7.32. The minimum atomic E-state index is 0.361. The molecule has 0 aliphatic rings. The van der Waals surface area contributed by atoms with Crippen molar-refractivity contribution in [1.29, 1.82) is 0 Å². The number of nitrogens with zero attached hydrogens (tertiary/aromatic N) is 1. The second-order valence-corrected chi connectivity index (χ2v) is 6.92. The lowest BCUT2D eigenvalue weighted by Crippen LogP contribution is -1.97. The molecular weight excluding hydrogens is 351 g/mol. The lowest BCUT2D eigenvalue weighted by Gasteiger charge is -2.08. The maximum absolute atomic E-state index is 6.15. The van der Waals surface area contributed by atoms with E-state index in [1.54, 1.807) is 29.7 Å². The Morgan fingerprint density at radius 2 is 1.96 bits per heavy atom. The first kappa shape index (κ1) is 16.3. The van der Waals surface area contributed by atoms with Gasteiger partial charge in [0.2, 0.25) is 0 Å². The molecule has 118 valence electrons. The Bertz CT molecular complexity index is 820. The Kier molecular flexibility index (Phi) is 5.18. The molecule has 0 unspecified atom stereocenters. The zero-order chi connectivity index (χ0) is 16.2. The molecule has 2 aromatic heterocycles. The van der Waals surface area contributed by atoms with Crippen LogP contribution >= 0.6 is 34.5 Å². The number of thiophene rings is 1. The van der Waals surface area contributed by atoms with Crippen LogP contribution in [0.15, 0.2) is 48.8 Å². The van der Waals surface area contributed by atoms with Crippen LogP contribution in [-0.2, 0) is 13.2 Å². The predicted octanol–water partition coefficient (Wildman–Crippen LogP) is 5.15. The number of rotatable bonds is 5. The van der Waals surface area contributed by atoms with Crippen molar-refractivity contribution in [2.75, 3.05) is 0 Å². The molecule has 6 heteroatoms. The lowest BCUT2D eigenvalue weighted by atomic mass is 10.2. The van der Waals surface area contributed by atoms with Crippen molar-refractivity contribution in [2.24, 2.45) is 5.73 Å². The third-order valence-corrected chi connectivity index (χ3v) is 5.01. The van der Waals surface area contributed by atoms with E-state index in [0.717, 1.165) is 20.9 Å². The normalized spacial score (nSPS) is 10.7. The van der Waals surface area contributed by atoms with Gasteiger partial charge in [-0.3, -0.25) is 4.98 Å². The molecule has 0 saturated carbocycles. The SMILES string of the molecule is NCc1ccc(-c2cncc(OCc3ccc(Cl)cc3Cl)c2)s1. The smallest absolute Gasteiger partial charge is 0.138 e. The largest absolute Gasteiger partial charge is 0.487 e. The van der Waals surface area contributed by atoms with E-state index >= 15 is 0 Å². The molecule has 3 nitrogen and oxygen atoms in total. The minimum Gasteiger partial charge on any atom is -0.487 e. The van der Waals surface area contributed by atoms with Crippen molar-refractivity contribution in [1.82, 2.24) is 4.98 Å². The Morgan fingerprint density at radius 3 is 2.70 bits per heavy atom. The third-order valence-electron chi connectivity index (χ3n) is 3.27. The van der Waals surface area contributed by atoms with Gasteiger partial charge in [0.1, 0.15) is 12.4 Å². The fourth-order valence-electron chi connectivity index (χ4n) is 2.08. The van der Waals surface area contributed by atoms with E-state index in [-0.39, 0.29) is 0 Å². The zero-order valence-corrected chi connectivity index (χ0v) is 14.5. The summed E-state index contributed by atoms with van der Waals surface area (Å²) in [5, 5.41) is 1.20. The van der Waals surface area contributed by atoms with Gasteiger partial charge in [-0.1, -0.05) is 29.3 Å². The molecule has 1 aromatic carbocycles. The highest BCUT2D eigenvalue weighted by atomic mass is 35.5. The van der Waals surface area contributed by atoms with Crippen LogP contribution in [0.25, 0.3) is 10.4 Å². The first-order valence-electron chi connectivity index (χ1n) is 6.96. The molecule has 0 amide bonds. The molecule has 0 aliphatic heterocycles. The van der Waals surface area contributed by atoms with Gasteiger partial charge < -0.3 is 10.5 Å². The Labute approximate surface area is 148 Å². The van der Waals surface area contributed by atoms with Crippen LogP contribution in [0.3, 0.4) is 0 Å². The fourth-order valence-corrected chi connectivity index (χ4v) is 3.41. The number of pyridine rings is 1. The summed E-state index contributed by atoms with van der Waals surface area (Å²) in [5.41, 5.74) is 7.54. The van der Waals surface area contributed by atoms with Gasteiger partial charge in [0.25, 0.3) is 0 Å². The summed E-state index contributed by atoms with van der Waals surface area (Å²) >= 11 is 13.7. The average Bonchev–Trinajstić information content (AvgIpc) is 3.03. The highest BCUT2D eigenvalue weighted by molar-refractivity contribution is 7.15. The first-order valence-corrected chi connectivity index (χ1v) is 8.54. The van der Waals surface area contributed by atoms with Gasteiger partial charge in [0.15, 0.2) is 0 Å². The van der Waals surface area contributed by atoms with Crippen molar-refractivity contribution in [2.45, 2.75) is 13.2 Å². The van der Waals surface area contributed by atoms with E-state index in [9.17, 15) is 0 Å². The van der Waals surface area contributed by atoms with Crippen LogP contribution < -0.4 is 10.5 Å². The summed E-state index contributed by atoms with van der Waals surface area (Å²) in [6.07, 6.45) is 3.50. The van der Waals surface area contributed by atoms with Crippen LogP contribution in [0.1, 0.15) is 10.4 Å². The van der Waals surface area contributed by atoms with Gasteiger partial charge in [-0.25, -0.2) is 0 Å². The standard InChI is InChI=1S/C17H14Cl2N2OS/c18-13-2-1-11(16(19)6-13)10-22-14-5-12(8-21-9-14)17-4-3-15(7-20)23-17/h1-6,8-9H,7,10,20H2. The summed E-state index contributed by atoms with van der Waals surface area (Å²) < 4.78 is 5.80. The van der Waals surface area contributed by atoms with Crippen molar-refractivity contribution in [3.63, 3.8) is 0 Å². The van der Waals surface area contributed by atoms with Gasteiger partial charge in [-0.15, -0.1) is 11.3 Å². The number of nitrogens with two attached hydrogens (primary N) is 1. The van der Waals surface area contributed by atoms with Crippen LogP contribution in [0.4, 0.5) is 0 Å². The number of halogens is 2. The van der Waals surface area contributed by atoms with E-state index in [4.69, 9.17) is 33.7 Å². The second-order valence-electron chi connectivity index (χ2n) is 4.90. The van der Waals surface area contributed by atoms with Crippen LogP contribution in [0.2, 0.25) is 10.0 Å². The van der Waals surface area contributed by atoms with E-state index in [2.05, 4.69) is 4.98 Å². The maximum atomic E-state index is 6.15. The molecule has 0 spiro atoms. The van der Waals surface area contributed by atoms with Crippen LogP contribution in [0.5, 0.6) is 5.75 Å². The van der Waals surface area contributed by atoms with Gasteiger partial charge in [0.05, 0.1) is 6.20 Å². The topological polar surface area (TPSA) is 48.1 Å². The van der Waals surface area contributed by atoms with Crippen molar-refractivity contribution in [3.05, 3.63) is 69.3 Å². The average molecular weight is 365 g/mol. The summed E-state index contributed by atoms with van der Waals surface area (Å²) in [5.74, 6) is 0.691. The summed E-state index contributed by atoms with van der Waals surface area (Å²) in [6.45, 7) is 0.906. The predicted molar refractivity (Wildman–Crippen MR) is 96.2 cm³/mol. The molecule has 0 saturated heterocycles. The first-order chi connectivity index (χ1) is 11.2. The number of hydrogen-bond donors (Lipinski definition) is 1. The number of ether oxygens (including phenoxy) is 1. The summed E-state index contributed by atoms with van der Waals surface area (Å²) in [4.78, 5) is 6.50. The molecule has 3 aromatic rings. The minimum absolute atomic E-state index is 0.361. The lowest BCUT2D eigenvalue weighted by molar-refractivity contribution is 0.305.